The third-order valence-corrected chi connectivity index (χ3v) is 4.03. The number of hydrogen-bond acceptors (Lipinski definition) is 3. The lowest BCUT2D eigenvalue weighted by Crippen LogP contribution is -2.44. The lowest BCUT2D eigenvalue weighted by molar-refractivity contribution is 0.199. The second-order valence-electron chi connectivity index (χ2n) is 5.76. The van der Waals surface area contributed by atoms with Crippen LogP contribution in [-0.2, 0) is 0 Å². The summed E-state index contributed by atoms with van der Waals surface area (Å²) in [7, 11) is 1.75. The number of amides is 2. The van der Waals surface area contributed by atoms with Gasteiger partial charge in [0.25, 0.3) is 0 Å². The standard InChI is InChI=1S/C17H22FN5OS/c1-11(19)21-16(25)22-17(24)23-7-5-12(6-8-23)9-13-3-4-14(20-2)10-15(13)18/h3-4,9-10,20H,5-8H2,1-2H3,(H3,19,21,22,24,25). The number of carbonyl (C=O) groups excluding carboxylic acids is 1. The van der Waals surface area contributed by atoms with Gasteiger partial charge < -0.3 is 16.0 Å². The first kappa shape index (κ1) is 18.9. The van der Waals surface area contributed by atoms with Crippen LogP contribution >= 0.6 is 12.2 Å². The minimum atomic E-state index is -0.293. The fourth-order valence-corrected chi connectivity index (χ4v) is 2.75. The number of carbonyl (C=O) groups is 1. The number of halogens is 1. The number of likely N-dealkylation sites (tertiary alicyclic amines) is 1. The molecule has 0 saturated carbocycles. The Bertz CT molecular complexity index is 718. The van der Waals surface area contributed by atoms with E-state index >= 15 is 0 Å². The fraction of sp³-hybridized carbons (Fsp3) is 0.353. The van der Waals surface area contributed by atoms with Crippen molar-refractivity contribution in [1.82, 2.24) is 10.2 Å². The molecule has 8 heteroatoms. The third-order valence-electron chi connectivity index (χ3n) is 3.83. The number of benzene rings is 1. The fourth-order valence-electron chi connectivity index (χ4n) is 2.52. The number of piperidine rings is 1. The minimum Gasteiger partial charge on any atom is -0.388 e. The van der Waals surface area contributed by atoms with Crippen LogP contribution < -0.4 is 16.4 Å². The van der Waals surface area contributed by atoms with Crippen molar-refractivity contribution >= 4 is 41.0 Å². The maximum absolute atomic E-state index is 14.0. The van der Waals surface area contributed by atoms with E-state index in [1.165, 1.54) is 6.07 Å². The number of thiocarbonyl (C=S) groups is 1. The number of nitrogens with one attached hydrogen (secondary N) is 2. The van der Waals surface area contributed by atoms with Crippen LogP contribution in [-0.4, -0.2) is 42.0 Å². The van der Waals surface area contributed by atoms with Gasteiger partial charge in [-0.25, -0.2) is 14.2 Å². The molecule has 1 aliphatic rings. The Balaban J connectivity index is 1.94. The second-order valence-corrected chi connectivity index (χ2v) is 6.15. The topological polar surface area (TPSA) is 82.8 Å². The molecule has 0 unspecified atom stereocenters. The SMILES string of the molecule is CNc1ccc(C=C2CCN(C(=O)NC(=S)/N=C(/C)N)CC2)c(F)c1. The molecule has 1 fully saturated rings. The molecule has 1 aromatic carbocycles. The summed E-state index contributed by atoms with van der Waals surface area (Å²) >= 11 is 4.94. The number of anilines is 1. The average molecular weight is 363 g/mol. The smallest absolute Gasteiger partial charge is 0.323 e. The highest BCUT2D eigenvalue weighted by Crippen LogP contribution is 2.22. The van der Waals surface area contributed by atoms with Crippen molar-refractivity contribution < 1.29 is 9.18 Å². The highest BCUT2D eigenvalue weighted by molar-refractivity contribution is 7.80. The van der Waals surface area contributed by atoms with Gasteiger partial charge in [-0.2, -0.15) is 0 Å². The van der Waals surface area contributed by atoms with Gasteiger partial charge >= 0.3 is 6.03 Å². The minimum absolute atomic E-state index is 0.0537. The van der Waals surface area contributed by atoms with Gasteiger partial charge in [-0.15, -0.1) is 0 Å². The summed E-state index contributed by atoms with van der Waals surface area (Å²) in [6.45, 7) is 2.68. The summed E-state index contributed by atoms with van der Waals surface area (Å²) in [5, 5.41) is 5.49. The van der Waals surface area contributed by atoms with E-state index in [1.807, 2.05) is 12.1 Å². The zero-order chi connectivity index (χ0) is 18.4. The van der Waals surface area contributed by atoms with Crippen LogP contribution in [0.5, 0.6) is 0 Å². The molecule has 1 saturated heterocycles. The van der Waals surface area contributed by atoms with E-state index in [1.54, 1.807) is 24.9 Å². The Morgan fingerprint density at radius 1 is 1.40 bits per heavy atom. The van der Waals surface area contributed by atoms with Gasteiger partial charge in [0.05, 0.1) is 5.84 Å². The number of hydrogen-bond donors (Lipinski definition) is 3. The Kier molecular flexibility index (Phi) is 6.46. The Labute approximate surface area is 152 Å². The second kappa shape index (κ2) is 8.57. The molecule has 0 aromatic heterocycles. The summed E-state index contributed by atoms with van der Waals surface area (Å²) in [5.41, 5.74) is 7.82. The molecule has 0 spiro atoms. The van der Waals surface area contributed by atoms with Crippen LogP contribution in [0.1, 0.15) is 25.3 Å². The highest BCUT2D eigenvalue weighted by Gasteiger charge is 2.19. The van der Waals surface area contributed by atoms with Crippen molar-refractivity contribution in [3.63, 3.8) is 0 Å². The lowest BCUT2D eigenvalue weighted by Gasteiger charge is -2.28. The molecule has 6 nitrogen and oxygen atoms in total. The third kappa shape index (κ3) is 5.53. The first-order valence-electron chi connectivity index (χ1n) is 7.96. The number of nitrogens with zero attached hydrogens (tertiary/aromatic N) is 2. The predicted octanol–water partition coefficient (Wildman–Crippen LogP) is 2.72. The monoisotopic (exact) mass is 363 g/mol. The zero-order valence-corrected chi connectivity index (χ0v) is 15.1. The van der Waals surface area contributed by atoms with Gasteiger partial charge in [0, 0.05) is 31.4 Å². The maximum atomic E-state index is 14.0. The first-order valence-corrected chi connectivity index (χ1v) is 8.37. The van der Waals surface area contributed by atoms with Crippen molar-refractivity contribution in [2.45, 2.75) is 19.8 Å². The lowest BCUT2D eigenvalue weighted by atomic mass is 10.0. The number of rotatable bonds is 2. The Hall–Kier alpha value is -2.48. The molecule has 0 atom stereocenters. The Morgan fingerprint density at radius 3 is 2.64 bits per heavy atom. The molecule has 0 bridgehead atoms. The predicted molar refractivity (Wildman–Crippen MR) is 103 cm³/mol. The normalized spacial score (nSPS) is 14.9. The Morgan fingerprint density at radius 2 is 2.08 bits per heavy atom. The summed E-state index contributed by atoms with van der Waals surface area (Å²) in [6, 6.07) is 4.76. The quantitative estimate of drug-likeness (QED) is 0.429. The summed E-state index contributed by atoms with van der Waals surface area (Å²) < 4.78 is 14.0. The van der Waals surface area contributed by atoms with Crippen LogP contribution in [0, 0.1) is 5.82 Å². The van der Waals surface area contributed by atoms with Gasteiger partial charge in [-0.1, -0.05) is 11.6 Å². The molecule has 2 rings (SSSR count). The number of nitrogens with two attached hydrogens (primary N) is 1. The van der Waals surface area contributed by atoms with Crippen molar-refractivity contribution in [3.8, 4) is 0 Å². The van der Waals surface area contributed by atoms with E-state index in [-0.39, 0.29) is 17.0 Å². The van der Waals surface area contributed by atoms with Crippen molar-refractivity contribution in [3.05, 3.63) is 35.2 Å². The molecule has 134 valence electrons. The van der Waals surface area contributed by atoms with E-state index in [4.69, 9.17) is 18.0 Å². The highest BCUT2D eigenvalue weighted by atomic mass is 32.1. The van der Waals surface area contributed by atoms with Gasteiger partial charge in [0.2, 0.25) is 5.11 Å². The molecule has 25 heavy (non-hydrogen) atoms. The van der Waals surface area contributed by atoms with E-state index < -0.39 is 0 Å². The molecule has 0 radical (unpaired) electrons. The molecular formula is C17H22FN5OS. The molecule has 1 heterocycles. The van der Waals surface area contributed by atoms with Crippen molar-refractivity contribution in [2.75, 3.05) is 25.5 Å². The first-order chi connectivity index (χ1) is 11.9. The van der Waals surface area contributed by atoms with E-state index in [2.05, 4.69) is 15.6 Å². The average Bonchev–Trinajstić information content (AvgIpc) is 2.56. The number of amidine groups is 1. The molecule has 1 aromatic rings. The largest absolute Gasteiger partial charge is 0.388 e. The van der Waals surface area contributed by atoms with Crippen LogP contribution in [0.15, 0.2) is 28.8 Å². The van der Waals surface area contributed by atoms with Crippen molar-refractivity contribution in [2.24, 2.45) is 10.7 Å². The summed E-state index contributed by atoms with van der Waals surface area (Å²) in [5.74, 6) is 0.0281. The van der Waals surface area contributed by atoms with Gasteiger partial charge in [0.1, 0.15) is 5.82 Å². The molecule has 4 N–H and O–H groups in total. The summed E-state index contributed by atoms with van der Waals surface area (Å²) in [6.07, 6.45) is 3.23. The van der Waals surface area contributed by atoms with Crippen LogP contribution in [0.2, 0.25) is 0 Å². The number of urea groups is 1. The zero-order valence-electron chi connectivity index (χ0n) is 14.3. The van der Waals surface area contributed by atoms with Crippen LogP contribution in [0.25, 0.3) is 6.08 Å². The van der Waals surface area contributed by atoms with Gasteiger partial charge in [-0.05, 0) is 50.2 Å². The molecular weight excluding hydrogens is 341 g/mol. The molecule has 1 aliphatic heterocycles. The molecule has 2 amide bonds. The van der Waals surface area contributed by atoms with Gasteiger partial charge in [0.15, 0.2) is 0 Å². The van der Waals surface area contributed by atoms with Crippen LogP contribution in [0.3, 0.4) is 0 Å². The summed E-state index contributed by atoms with van der Waals surface area (Å²) in [4.78, 5) is 17.6. The number of aliphatic imine (C=N–C) groups is 1. The maximum Gasteiger partial charge on any atom is 0.323 e. The van der Waals surface area contributed by atoms with Crippen molar-refractivity contribution in [1.29, 1.82) is 0 Å². The van der Waals surface area contributed by atoms with Crippen LogP contribution in [0.4, 0.5) is 14.9 Å². The van der Waals surface area contributed by atoms with Gasteiger partial charge in [-0.3, -0.25) is 5.32 Å². The molecule has 0 aliphatic carbocycles. The van der Waals surface area contributed by atoms with E-state index in [0.717, 1.165) is 11.3 Å². The van der Waals surface area contributed by atoms with E-state index in [0.29, 0.717) is 37.3 Å². The van der Waals surface area contributed by atoms with E-state index in [9.17, 15) is 9.18 Å².